The van der Waals surface area contributed by atoms with Crippen molar-refractivity contribution < 1.29 is 9.32 Å². The Kier molecular flexibility index (Phi) is 5.34. The van der Waals surface area contributed by atoms with Crippen molar-refractivity contribution in [2.75, 3.05) is 4.90 Å². The van der Waals surface area contributed by atoms with Gasteiger partial charge in [0.25, 0.3) is 11.6 Å². The summed E-state index contributed by atoms with van der Waals surface area (Å²) < 4.78 is 5.46. The number of nitrogens with zero attached hydrogens (tertiary/aromatic N) is 4. The molecule has 4 aromatic rings. The predicted molar refractivity (Wildman–Crippen MR) is 122 cm³/mol. The van der Waals surface area contributed by atoms with Crippen molar-refractivity contribution >= 4 is 34.0 Å². The number of carbonyl (C=O) groups is 1. The lowest BCUT2D eigenvalue weighted by atomic mass is 10.0. The van der Waals surface area contributed by atoms with Crippen LogP contribution in [0.4, 0.5) is 5.69 Å². The molecule has 4 rings (SSSR count). The molecule has 1 aromatic carbocycles. The van der Waals surface area contributed by atoms with Crippen LogP contribution in [0.1, 0.15) is 45.2 Å². The SMILES string of the molecule is Cc1cc(-c2cc(C(=O)N(c3cccc(C#N)c3)C(C)C)c3c(C)noc3n2)c(C)s1. The fraction of sp³-hybridized carbons (Fsp3) is 0.250. The van der Waals surface area contributed by atoms with E-state index in [1.165, 1.54) is 4.88 Å². The van der Waals surface area contributed by atoms with E-state index in [4.69, 9.17) is 4.52 Å². The van der Waals surface area contributed by atoms with Crippen LogP contribution in [0.3, 0.4) is 0 Å². The number of benzene rings is 1. The lowest BCUT2D eigenvalue weighted by molar-refractivity contribution is 0.0981. The van der Waals surface area contributed by atoms with Crippen molar-refractivity contribution in [3.8, 4) is 17.3 Å². The summed E-state index contributed by atoms with van der Waals surface area (Å²) in [7, 11) is 0. The first kappa shape index (κ1) is 20.8. The number of hydrogen-bond acceptors (Lipinski definition) is 6. The summed E-state index contributed by atoms with van der Waals surface area (Å²) in [5.74, 6) is -0.186. The van der Waals surface area contributed by atoms with E-state index in [1.54, 1.807) is 41.4 Å². The van der Waals surface area contributed by atoms with Crippen LogP contribution in [-0.2, 0) is 0 Å². The van der Waals surface area contributed by atoms with Gasteiger partial charge < -0.3 is 9.42 Å². The maximum absolute atomic E-state index is 13.9. The number of amides is 1. The minimum Gasteiger partial charge on any atom is -0.335 e. The van der Waals surface area contributed by atoms with Gasteiger partial charge in [-0.3, -0.25) is 4.79 Å². The first-order valence-electron chi connectivity index (χ1n) is 9.98. The smallest absolute Gasteiger partial charge is 0.259 e. The molecule has 1 amide bonds. The molecule has 0 saturated heterocycles. The Hall–Kier alpha value is -3.50. The van der Waals surface area contributed by atoms with Gasteiger partial charge in [0.15, 0.2) is 0 Å². The number of carbonyl (C=O) groups excluding carboxylic acids is 1. The van der Waals surface area contributed by atoms with Gasteiger partial charge in [0.05, 0.1) is 34.0 Å². The third-order valence-corrected chi connectivity index (χ3v) is 6.12. The van der Waals surface area contributed by atoms with Crippen LogP contribution < -0.4 is 4.90 Å². The summed E-state index contributed by atoms with van der Waals surface area (Å²) in [6.45, 7) is 9.79. The Bertz CT molecular complexity index is 1340. The van der Waals surface area contributed by atoms with Crippen LogP contribution in [-0.4, -0.2) is 22.1 Å². The minimum absolute atomic E-state index is 0.126. The Balaban J connectivity index is 1.92. The lowest BCUT2D eigenvalue weighted by Gasteiger charge is -2.27. The Morgan fingerprint density at radius 3 is 2.61 bits per heavy atom. The summed E-state index contributed by atoms with van der Waals surface area (Å²) in [5.41, 5.74) is 4.28. The van der Waals surface area contributed by atoms with E-state index in [0.717, 1.165) is 10.4 Å². The molecule has 0 aliphatic rings. The van der Waals surface area contributed by atoms with Crippen LogP contribution in [0.15, 0.2) is 40.9 Å². The van der Waals surface area contributed by atoms with E-state index in [2.05, 4.69) is 22.3 Å². The van der Waals surface area contributed by atoms with Gasteiger partial charge in [-0.2, -0.15) is 5.26 Å². The molecule has 0 spiro atoms. The molecule has 0 bridgehead atoms. The van der Waals surface area contributed by atoms with Crippen molar-refractivity contribution in [3.05, 3.63) is 63.0 Å². The van der Waals surface area contributed by atoms with Gasteiger partial charge in [-0.05, 0) is 65.0 Å². The number of aromatic nitrogens is 2. The number of anilines is 1. The van der Waals surface area contributed by atoms with E-state index in [9.17, 15) is 10.1 Å². The van der Waals surface area contributed by atoms with Crippen LogP contribution in [0.5, 0.6) is 0 Å². The van der Waals surface area contributed by atoms with Crippen molar-refractivity contribution in [3.63, 3.8) is 0 Å². The number of nitriles is 1. The number of aryl methyl sites for hydroxylation is 3. The van der Waals surface area contributed by atoms with E-state index >= 15 is 0 Å². The molecular formula is C24H22N4O2S. The summed E-state index contributed by atoms with van der Waals surface area (Å²) in [4.78, 5) is 22.5. The van der Waals surface area contributed by atoms with E-state index in [1.807, 2.05) is 39.8 Å². The average molecular weight is 431 g/mol. The van der Waals surface area contributed by atoms with Crippen molar-refractivity contribution in [2.45, 2.75) is 40.7 Å². The van der Waals surface area contributed by atoms with Crippen molar-refractivity contribution in [2.24, 2.45) is 0 Å². The summed E-state index contributed by atoms with van der Waals surface area (Å²) >= 11 is 1.69. The quantitative estimate of drug-likeness (QED) is 0.408. The third kappa shape index (κ3) is 3.71. The van der Waals surface area contributed by atoms with Crippen molar-refractivity contribution in [1.82, 2.24) is 10.1 Å². The highest BCUT2D eigenvalue weighted by molar-refractivity contribution is 7.12. The van der Waals surface area contributed by atoms with Gasteiger partial charge in [-0.1, -0.05) is 11.2 Å². The molecule has 3 heterocycles. The molecule has 0 aliphatic heterocycles. The third-order valence-electron chi connectivity index (χ3n) is 5.15. The second-order valence-electron chi connectivity index (χ2n) is 7.76. The second kappa shape index (κ2) is 7.97. The van der Waals surface area contributed by atoms with Gasteiger partial charge >= 0.3 is 0 Å². The van der Waals surface area contributed by atoms with Crippen LogP contribution >= 0.6 is 11.3 Å². The standard InChI is InChI=1S/C24H22N4O2S/c1-13(2)28(18-8-6-7-17(10-18)12-25)24(29)20-11-21(19-9-14(3)31-16(19)5)26-23-22(20)15(4)27-30-23/h6-11,13H,1-5H3. The Morgan fingerprint density at radius 1 is 1.19 bits per heavy atom. The molecule has 0 radical (unpaired) electrons. The molecule has 0 aliphatic carbocycles. The van der Waals surface area contributed by atoms with Gasteiger partial charge in [0.1, 0.15) is 0 Å². The predicted octanol–water partition coefficient (Wildman–Crippen LogP) is 5.80. The average Bonchev–Trinajstić information content (AvgIpc) is 3.28. The van der Waals surface area contributed by atoms with Gasteiger partial charge in [-0.25, -0.2) is 4.98 Å². The van der Waals surface area contributed by atoms with Gasteiger partial charge in [-0.15, -0.1) is 11.3 Å². The topological polar surface area (TPSA) is 83.0 Å². The zero-order valence-corrected chi connectivity index (χ0v) is 18.9. The normalized spacial score (nSPS) is 11.1. The van der Waals surface area contributed by atoms with Gasteiger partial charge in [0, 0.05) is 27.0 Å². The maximum atomic E-state index is 13.9. The molecule has 7 heteroatoms. The van der Waals surface area contributed by atoms with Crippen molar-refractivity contribution in [1.29, 1.82) is 5.26 Å². The number of pyridine rings is 1. The second-order valence-corrected chi connectivity index (χ2v) is 9.22. The number of thiophene rings is 1. The van der Waals surface area contributed by atoms with Crippen LogP contribution in [0.2, 0.25) is 0 Å². The molecule has 0 saturated carbocycles. The zero-order valence-electron chi connectivity index (χ0n) is 18.1. The van der Waals surface area contributed by atoms with Gasteiger partial charge in [0.2, 0.25) is 0 Å². The largest absolute Gasteiger partial charge is 0.335 e. The monoisotopic (exact) mass is 430 g/mol. The van der Waals surface area contributed by atoms with E-state index in [0.29, 0.717) is 39.3 Å². The van der Waals surface area contributed by atoms with Crippen LogP contribution in [0.25, 0.3) is 22.4 Å². The molecule has 0 atom stereocenters. The van der Waals surface area contributed by atoms with E-state index < -0.39 is 0 Å². The molecule has 0 unspecified atom stereocenters. The fourth-order valence-electron chi connectivity index (χ4n) is 3.79. The molecule has 31 heavy (non-hydrogen) atoms. The van der Waals surface area contributed by atoms with Crippen LogP contribution in [0, 0.1) is 32.1 Å². The number of hydrogen-bond donors (Lipinski definition) is 0. The molecule has 156 valence electrons. The summed E-state index contributed by atoms with van der Waals surface area (Å²) in [5, 5.41) is 14.0. The molecular weight excluding hydrogens is 408 g/mol. The van der Waals surface area contributed by atoms with E-state index in [-0.39, 0.29) is 11.9 Å². The Labute approximate surface area is 184 Å². The summed E-state index contributed by atoms with van der Waals surface area (Å²) in [6, 6.07) is 13.0. The fourth-order valence-corrected chi connectivity index (χ4v) is 4.72. The lowest BCUT2D eigenvalue weighted by Crippen LogP contribution is -2.37. The molecule has 3 aromatic heterocycles. The highest BCUT2D eigenvalue weighted by Crippen LogP contribution is 2.34. The highest BCUT2D eigenvalue weighted by Gasteiger charge is 2.27. The number of rotatable bonds is 4. The highest BCUT2D eigenvalue weighted by atomic mass is 32.1. The first-order chi connectivity index (χ1) is 14.8. The molecule has 6 nitrogen and oxygen atoms in total. The maximum Gasteiger partial charge on any atom is 0.259 e. The first-order valence-corrected chi connectivity index (χ1v) is 10.8. The number of fused-ring (bicyclic) bond motifs is 1. The summed E-state index contributed by atoms with van der Waals surface area (Å²) in [6.07, 6.45) is 0. The Morgan fingerprint density at radius 2 is 1.97 bits per heavy atom. The molecule has 0 fully saturated rings. The zero-order chi connectivity index (χ0) is 22.3. The minimum atomic E-state index is -0.186. The molecule has 0 N–H and O–H groups in total.